The number of carbonyl (C=O) groups is 2. The average Bonchev–Trinajstić information content (AvgIpc) is 3.38. The second kappa shape index (κ2) is 23.4. The SMILES string of the molecule is CO[C@H](C(=O)[C@@H](O)[C@@H](C)O)[C@@H]1Cc2cc3cc(O[C@H]4C[C@@H](O[C@@H]5C[C@@H](O)[C@@H](O)[C@H](C)O5)[C@@H](O)[C@H](C)O4)c(C)c(O)c3c(O)c2C(=O)[C@H]1O[C@H]1C[C@@H](O[C@H]2C[C@@H](O[C@H]3C[C@](C)(O)[C@@H](O)[C@H](C)O3)[C@H](O)[C@H](C)O2)[C@H](O)[C@H](C)O1. The number of rotatable bonds is 15. The minimum Gasteiger partial charge on any atom is -0.507 e. The third-order valence-corrected chi connectivity index (χ3v) is 15.9. The molecule has 5 saturated heterocycles. The van der Waals surface area contributed by atoms with Gasteiger partial charge >= 0.3 is 0 Å². The zero-order chi connectivity index (χ0) is 55.6. The van der Waals surface area contributed by atoms with Crippen molar-refractivity contribution in [2.24, 2.45) is 5.92 Å². The van der Waals surface area contributed by atoms with Gasteiger partial charge in [0, 0.05) is 50.7 Å². The summed E-state index contributed by atoms with van der Waals surface area (Å²) in [5.74, 6) is -4.07. The van der Waals surface area contributed by atoms with Crippen molar-refractivity contribution in [1.82, 2.24) is 0 Å². The smallest absolute Gasteiger partial charge is 0.202 e. The van der Waals surface area contributed by atoms with Crippen LogP contribution in [0.1, 0.15) is 102 Å². The van der Waals surface area contributed by atoms with Crippen molar-refractivity contribution in [3.63, 3.8) is 0 Å². The van der Waals surface area contributed by atoms with Crippen LogP contribution in [0.3, 0.4) is 0 Å². The number of carbonyl (C=O) groups excluding carboxylic acids is 2. The van der Waals surface area contributed by atoms with E-state index in [0.29, 0.717) is 0 Å². The van der Waals surface area contributed by atoms with Gasteiger partial charge in [-0.1, -0.05) is 0 Å². The molecule has 25 atom stereocenters. The molecule has 5 heterocycles. The highest BCUT2D eigenvalue weighted by Gasteiger charge is 2.51. The van der Waals surface area contributed by atoms with Crippen molar-refractivity contribution >= 4 is 22.3 Å². The molecule has 1 aliphatic carbocycles. The molecule has 0 unspecified atom stereocenters. The molecular weight excluding hydrogens is 1010 g/mol. The number of hydrogen-bond acceptors (Lipinski definition) is 24. The second-order valence-electron chi connectivity index (χ2n) is 21.7. The Morgan fingerprint density at radius 3 is 1.70 bits per heavy atom. The van der Waals surface area contributed by atoms with Gasteiger partial charge in [-0.2, -0.15) is 0 Å². The van der Waals surface area contributed by atoms with E-state index in [1.54, 1.807) is 27.7 Å². The molecule has 8 rings (SSSR count). The molecule has 24 heteroatoms. The number of ether oxygens (including phenoxy) is 11. The van der Waals surface area contributed by atoms with Crippen LogP contribution >= 0.6 is 0 Å². The van der Waals surface area contributed by atoms with E-state index in [1.807, 2.05) is 0 Å². The summed E-state index contributed by atoms with van der Waals surface area (Å²) in [4.78, 5) is 28.9. The summed E-state index contributed by atoms with van der Waals surface area (Å²) in [5, 5.41) is 120. The Hall–Kier alpha value is -3.32. The highest BCUT2D eigenvalue weighted by atomic mass is 16.7. The van der Waals surface area contributed by atoms with Crippen molar-refractivity contribution in [3.05, 3.63) is 28.8 Å². The summed E-state index contributed by atoms with van der Waals surface area (Å²) in [7, 11) is 1.18. The molecule has 5 aliphatic heterocycles. The fourth-order valence-corrected chi connectivity index (χ4v) is 11.3. The van der Waals surface area contributed by atoms with E-state index in [0.717, 1.165) is 0 Å². The molecule has 0 amide bonds. The van der Waals surface area contributed by atoms with Gasteiger partial charge in [-0.25, -0.2) is 0 Å². The van der Waals surface area contributed by atoms with Gasteiger partial charge in [-0.05, 0) is 84.9 Å². The van der Waals surface area contributed by atoms with Gasteiger partial charge < -0.3 is 108 Å². The Balaban J connectivity index is 1.04. The van der Waals surface area contributed by atoms with Crippen LogP contribution in [0.2, 0.25) is 0 Å². The van der Waals surface area contributed by atoms with Crippen LogP contribution in [0.25, 0.3) is 10.8 Å². The standard InChI is InChI=1S/C52H76O24/c1-18-29(72-34-14-30(43(58)21(4)68-34)73-33-13-28(54)42(57)20(3)67-33)12-26-10-25-11-27(49(66-9)48(63)41(56)19(2)53)50(47(62)39(25)46(61)38(26)40(18)55)76-36-16-31(44(59)23(6)70-36)74-35-15-32(45(60)22(5)69-35)75-37-17-52(8,65)51(64)24(7)71-37/h10,12,19-24,27-28,30-37,41-45,49-51,53-61,64-65H,11,13-17H2,1-9H3/t19-,20+,21+,22+,23+,24+,27+,28-,30-,31-,32-,33-,34+,35+,36+,37+,41+,42+,43+,44-,45-,49+,50+,51+,52+/m1/s1. The number of benzene rings is 2. The van der Waals surface area contributed by atoms with Crippen LogP contribution < -0.4 is 4.74 Å². The zero-order valence-electron chi connectivity index (χ0n) is 44.0. The van der Waals surface area contributed by atoms with E-state index in [9.17, 15) is 61.0 Å². The van der Waals surface area contributed by atoms with Crippen LogP contribution in [0, 0.1) is 12.8 Å². The minimum atomic E-state index is -1.95. The highest BCUT2D eigenvalue weighted by molar-refractivity contribution is 6.11. The number of methoxy groups -OCH3 is 1. The molecule has 0 bridgehead atoms. The van der Waals surface area contributed by atoms with Crippen molar-refractivity contribution in [1.29, 1.82) is 0 Å². The van der Waals surface area contributed by atoms with Gasteiger partial charge in [0.2, 0.25) is 6.29 Å². The molecule has 6 aliphatic rings. The molecule has 0 aromatic heterocycles. The lowest BCUT2D eigenvalue weighted by Crippen LogP contribution is -2.58. The van der Waals surface area contributed by atoms with E-state index in [1.165, 1.54) is 46.9 Å². The lowest BCUT2D eigenvalue weighted by Gasteiger charge is -2.46. The van der Waals surface area contributed by atoms with E-state index in [4.69, 9.17) is 52.1 Å². The van der Waals surface area contributed by atoms with Gasteiger partial charge in [0.1, 0.15) is 66.1 Å². The number of aromatic hydroxyl groups is 2. The highest BCUT2D eigenvalue weighted by Crippen LogP contribution is 2.47. The Morgan fingerprint density at radius 2 is 1.17 bits per heavy atom. The van der Waals surface area contributed by atoms with E-state index in [-0.39, 0.29) is 71.7 Å². The minimum absolute atomic E-state index is 0.0365. The Bertz CT molecular complexity index is 2350. The molecule has 2 aromatic rings. The first kappa shape index (κ1) is 58.8. The van der Waals surface area contributed by atoms with Crippen molar-refractivity contribution < 1.29 is 118 Å². The first-order valence-corrected chi connectivity index (χ1v) is 26.0. The Labute approximate surface area is 439 Å². The summed E-state index contributed by atoms with van der Waals surface area (Å²) in [6, 6.07) is 3.03. The molecule has 2 aromatic carbocycles. The average molecular weight is 1090 g/mol. The third-order valence-electron chi connectivity index (χ3n) is 15.9. The maximum Gasteiger partial charge on any atom is 0.202 e. The van der Waals surface area contributed by atoms with E-state index in [2.05, 4.69) is 0 Å². The maximum atomic E-state index is 15.0. The van der Waals surface area contributed by atoms with Crippen molar-refractivity contribution in [2.75, 3.05) is 7.11 Å². The molecule has 11 N–H and O–H groups in total. The lowest BCUT2D eigenvalue weighted by molar-refractivity contribution is -0.334. The number of phenolic OH excluding ortho intramolecular Hbond substituents is 2. The fourth-order valence-electron chi connectivity index (χ4n) is 11.3. The predicted molar refractivity (Wildman–Crippen MR) is 259 cm³/mol. The molecule has 24 nitrogen and oxygen atoms in total. The number of Topliss-reactive ketones (excluding diaryl/α,β-unsaturated/α-hetero) is 2. The molecule has 5 fully saturated rings. The first-order valence-electron chi connectivity index (χ1n) is 26.0. The van der Waals surface area contributed by atoms with Gasteiger partial charge in [0.15, 0.2) is 36.7 Å². The molecule has 428 valence electrons. The molecular formula is C52H76O24. The zero-order valence-corrected chi connectivity index (χ0v) is 44.0. The van der Waals surface area contributed by atoms with E-state index < -0.39 is 176 Å². The number of aliphatic hydroxyl groups excluding tert-OH is 8. The molecule has 76 heavy (non-hydrogen) atoms. The quantitative estimate of drug-likeness (QED) is 0.110. The van der Waals surface area contributed by atoms with Crippen LogP contribution in [0.5, 0.6) is 17.2 Å². The number of hydrogen-bond donors (Lipinski definition) is 11. The summed E-state index contributed by atoms with van der Waals surface area (Å²) < 4.78 is 66.5. The Morgan fingerprint density at radius 1 is 0.684 bits per heavy atom. The number of fused-ring (bicyclic) bond motifs is 2. The fraction of sp³-hybridized carbons (Fsp3) is 0.769. The normalized spacial score (nSPS) is 42.5. The lowest BCUT2D eigenvalue weighted by atomic mass is 9.75. The number of ketones is 2. The summed E-state index contributed by atoms with van der Waals surface area (Å²) in [6.45, 7) is 12.1. The first-order chi connectivity index (χ1) is 35.7. The monoisotopic (exact) mass is 1080 g/mol. The van der Waals surface area contributed by atoms with Gasteiger partial charge in [0.05, 0.1) is 77.6 Å². The second-order valence-corrected chi connectivity index (χ2v) is 21.7. The molecule has 0 spiro atoms. The van der Waals surface area contributed by atoms with Crippen LogP contribution in [-0.4, -0.2) is 222 Å². The summed E-state index contributed by atoms with van der Waals surface area (Å²) >= 11 is 0. The van der Waals surface area contributed by atoms with Gasteiger partial charge in [-0.15, -0.1) is 0 Å². The number of phenols is 2. The predicted octanol–water partition coefficient (Wildman–Crippen LogP) is -0.249. The topological polar surface area (TPSA) is 358 Å². The van der Waals surface area contributed by atoms with Gasteiger partial charge in [0.25, 0.3) is 0 Å². The van der Waals surface area contributed by atoms with Crippen molar-refractivity contribution in [3.8, 4) is 17.2 Å². The van der Waals surface area contributed by atoms with Crippen molar-refractivity contribution in [2.45, 2.75) is 241 Å². The van der Waals surface area contributed by atoms with Crippen LogP contribution in [0.4, 0.5) is 0 Å². The number of aliphatic hydroxyl groups is 9. The largest absolute Gasteiger partial charge is 0.507 e. The van der Waals surface area contributed by atoms with E-state index >= 15 is 4.79 Å². The molecule has 0 radical (unpaired) electrons. The third kappa shape index (κ3) is 11.9. The summed E-state index contributed by atoms with van der Waals surface area (Å²) in [6.07, 6.45) is -27.0. The van der Waals surface area contributed by atoms with Gasteiger partial charge in [-0.3, -0.25) is 9.59 Å². The summed E-state index contributed by atoms with van der Waals surface area (Å²) in [5.41, 5.74) is -1.47. The van der Waals surface area contributed by atoms with Crippen LogP contribution in [-0.2, 0) is 58.6 Å². The molecule has 0 saturated carbocycles. The van der Waals surface area contributed by atoms with Crippen LogP contribution in [0.15, 0.2) is 12.1 Å². The maximum absolute atomic E-state index is 15.0. The Kier molecular flexibility index (Phi) is 18.1.